The molecule has 6 heteroatoms. The van der Waals surface area contributed by atoms with Crippen molar-refractivity contribution in [3.05, 3.63) is 47.9 Å². The Balaban J connectivity index is 2.12. The molecule has 0 saturated carbocycles. The van der Waals surface area contributed by atoms with Crippen LogP contribution in [0.3, 0.4) is 0 Å². The average Bonchev–Trinajstić information content (AvgIpc) is 2.44. The average molecular weight is 282 g/mol. The second-order valence-electron chi connectivity index (χ2n) is 4.09. The number of pyridine rings is 1. The lowest BCUT2D eigenvalue weighted by molar-refractivity contribution is 0.317. The molecule has 1 N–H and O–H groups in total. The van der Waals surface area contributed by atoms with Gasteiger partial charge in [-0.15, -0.1) is 0 Å². The summed E-state index contributed by atoms with van der Waals surface area (Å²) in [4.78, 5) is 3.18. The van der Waals surface area contributed by atoms with Gasteiger partial charge in [-0.3, -0.25) is 0 Å². The lowest BCUT2D eigenvalue weighted by Crippen LogP contribution is -2.01. The van der Waals surface area contributed by atoms with Gasteiger partial charge in [0.2, 0.25) is 0 Å². The van der Waals surface area contributed by atoms with Crippen LogP contribution in [0.5, 0.6) is 5.75 Å². The summed E-state index contributed by atoms with van der Waals surface area (Å²) in [5, 5.41) is 2.58. The first-order valence-electron chi connectivity index (χ1n) is 6.11. The maximum atomic E-state index is 13.4. The number of nitrogens with one attached hydrogen (secondary N) is 1. The van der Waals surface area contributed by atoms with E-state index in [1.54, 1.807) is 24.3 Å². The third-order valence-electron chi connectivity index (χ3n) is 2.48. The highest BCUT2D eigenvalue weighted by Crippen LogP contribution is 2.22. The molecular weight excluding hydrogens is 269 g/mol. The smallest absolute Gasteiger partial charge is 0.251 e. The Kier molecular flexibility index (Phi) is 4.45. The topological polar surface area (TPSA) is 34.1 Å². The Morgan fingerprint density at radius 3 is 2.45 bits per heavy atom. The van der Waals surface area contributed by atoms with Gasteiger partial charge in [0.15, 0.2) is 17.5 Å². The van der Waals surface area contributed by atoms with Crippen molar-refractivity contribution in [2.24, 2.45) is 0 Å². The number of anilines is 2. The van der Waals surface area contributed by atoms with Gasteiger partial charge < -0.3 is 10.1 Å². The Labute approximate surface area is 114 Å². The quantitative estimate of drug-likeness (QED) is 0.841. The fourth-order valence-electron chi connectivity index (χ4n) is 1.52. The molecule has 106 valence electrons. The summed E-state index contributed by atoms with van der Waals surface area (Å²) in [5.74, 6) is -3.33. The van der Waals surface area contributed by atoms with E-state index in [1.165, 1.54) is 0 Å². The molecule has 3 nitrogen and oxygen atoms in total. The highest BCUT2D eigenvalue weighted by atomic mass is 19.2. The Morgan fingerprint density at radius 1 is 1.10 bits per heavy atom. The molecule has 0 saturated heterocycles. The fraction of sp³-hybridized carbons (Fsp3) is 0.214. The molecule has 0 radical (unpaired) electrons. The van der Waals surface area contributed by atoms with E-state index in [0.29, 0.717) is 24.1 Å². The molecule has 1 aromatic heterocycles. The van der Waals surface area contributed by atoms with Crippen LogP contribution in [0.25, 0.3) is 0 Å². The van der Waals surface area contributed by atoms with Crippen molar-refractivity contribution in [2.45, 2.75) is 13.3 Å². The first-order valence-corrected chi connectivity index (χ1v) is 6.11. The van der Waals surface area contributed by atoms with Crippen LogP contribution in [0.2, 0.25) is 0 Å². The van der Waals surface area contributed by atoms with Gasteiger partial charge in [0, 0.05) is 11.8 Å². The summed E-state index contributed by atoms with van der Waals surface area (Å²) in [6, 6.07) is 7.09. The molecule has 2 aromatic rings. The van der Waals surface area contributed by atoms with Crippen molar-refractivity contribution in [3.63, 3.8) is 0 Å². The van der Waals surface area contributed by atoms with E-state index in [1.807, 2.05) is 6.92 Å². The molecular formula is C14H13F3N2O. The monoisotopic (exact) mass is 282 g/mol. The molecule has 1 aromatic carbocycles. The van der Waals surface area contributed by atoms with Gasteiger partial charge in [0.05, 0.1) is 6.61 Å². The Bertz CT molecular complexity index is 588. The first-order chi connectivity index (χ1) is 9.60. The van der Waals surface area contributed by atoms with Gasteiger partial charge in [-0.25, -0.2) is 8.78 Å². The van der Waals surface area contributed by atoms with Gasteiger partial charge in [0.25, 0.3) is 5.95 Å². The van der Waals surface area contributed by atoms with Gasteiger partial charge in [0.1, 0.15) is 5.75 Å². The highest BCUT2D eigenvalue weighted by molar-refractivity contribution is 5.57. The molecule has 0 amide bonds. The minimum Gasteiger partial charge on any atom is -0.494 e. The van der Waals surface area contributed by atoms with Crippen LogP contribution in [0.15, 0.2) is 30.3 Å². The number of halogens is 3. The standard InChI is InChI=1S/C14H13F3N2O/c1-2-7-20-10-5-3-9(4-6-10)18-14-12(16)8-11(15)13(17)19-14/h3-6,8H,2,7H2,1H3,(H,18,19). The fourth-order valence-corrected chi connectivity index (χ4v) is 1.52. The van der Waals surface area contributed by atoms with E-state index in [2.05, 4.69) is 10.3 Å². The van der Waals surface area contributed by atoms with Gasteiger partial charge in [-0.1, -0.05) is 6.92 Å². The second kappa shape index (κ2) is 6.27. The van der Waals surface area contributed by atoms with E-state index in [9.17, 15) is 13.2 Å². The van der Waals surface area contributed by atoms with Crippen LogP contribution in [-0.4, -0.2) is 11.6 Å². The molecule has 0 fully saturated rings. The van der Waals surface area contributed by atoms with E-state index < -0.39 is 17.6 Å². The van der Waals surface area contributed by atoms with Gasteiger partial charge in [-0.2, -0.15) is 9.37 Å². The molecule has 0 bridgehead atoms. The van der Waals surface area contributed by atoms with Crippen LogP contribution in [0.1, 0.15) is 13.3 Å². The molecule has 0 aliphatic rings. The van der Waals surface area contributed by atoms with Crippen LogP contribution in [-0.2, 0) is 0 Å². The second-order valence-corrected chi connectivity index (χ2v) is 4.09. The molecule has 20 heavy (non-hydrogen) atoms. The molecule has 0 aliphatic heterocycles. The van der Waals surface area contributed by atoms with Crippen LogP contribution >= 0.6 is 0 Å². The third-order valence-corrected chi connectivity index (χ3v) is 2.48. The first kappa shape index (κ1) is 14.2. The SMILES string of the molecule is CCCOc1ccc(Nc2nc(F)c(F)cc2F)cc1. The number of nitrogens with zero attached hydrogens (tertiary/aromatic N) is 1. The minimum absolute atomic E-state index is 0.369. The van der Waals surface area contributed by atoms with Gasteiger partial charge in [-0.05, 0) is 30.7 Å². The maximum absolute atomic E-state index is 13.4. The molecule has 0 atom stereocenters. The van der Waals surface area contributed by atoms with E-state index in [0.717, 1.165) is 6.42 Å². The minimum atomic E-state index is -1.35. The zero-order chi connectivity index (χ0) is 14.5. The lowest BCUT2D eigenvalue weighted by atomic mass is 10.3. The van der Waals surface area contributed by atoms with Crippen molar-refractivity contribution in [1.82, 2.24) is 4.98 Å². The Morgan fingerprint density at radius 2 is 1.80 bits per heavy atom. The summed E-state index contributed by atoms with van der Waals surface area (Å²) in [6.07, 6.45) is 0.893. The van der Waals surface area contributed by atoms with Crippen molar-refractivity contribution in [3.8, 4) is 5.75 Å². The number of rotatable bonds is 5. The molecule has 2 rings (SSSR count). The Hall–Kier alpha value is -2.24. The van der Waals surface area contributed by atoms with Crippen molar-refractivity contribution in [2.75, 3.05) is 11.9 Å². The van der Waals surface area contributed by atoms with Crippen LogP contribution < -0.4 is 10.1 Å². The van der Waals surface area contributed by atoms with Crippen LogP contribution in [0, 0.1) is 17.6 Å². The zero-order valence-electron chi connectivity index (χ0n) is 10.8. The van der Waals surface area contributed by atoms with Crippen molar-refractivity contribution in [1.29, 1.82) is 0 Å². The summed E-state index contributed by atoms with van der Waals surface area (Å²) in [7, 11) is 0. The number of benzene rings is 1. The number of hydrogen-bond donors (Lipinski definition) is 1. The summed E-state index contributed by atoms with van der Waals surface area (Å²) < 4.78 is 44.5. The van der Waals surface area contributed by atoms with Crippen LogP contribution in [0.4, 0.5) is 24.7 Å². The zero-order valence-corrected chi connectivity index (χ0v) is 10.8. The van der Waals surface area contributed by atoms with E-state index in [4.69, 9.17) is 4.74 Å². The third kappa shape index (κ3) is 3.40. The lowest BCUT2D eigenvalue weighted by Gasteiger charge is -2.08. The van der Waals surface area contributed by atoms with Gasteiger partial charge >= 0.3 is 0 Å². The molecule has 1 heterocycles. The number of ether oxygens (including phenoxy) is 1. The predicted octanol–water partition coefficient (Wildman–Crippen LogP) is 4.03. The summed E-state index contributed by atoms with van der Waals surface area (Å²) in [5.41, 5.74) is 0.492. The normalized spacial score (nSPS) is 10.4. The van der Waals surface area contributed by atoms with E-state index in [-0.39, 0.29) is 5.82 Å². The number of aromatic nitrogens is 1. The predicted molar refractivity (Wildman–Crippen MR) is 69.6 cm³/mol. The highest BCUT2D eigenvalue weighted by Gasteiger charge is 2.11. The maximum Gasteiger partial charge on any atom is 0.251 e. The molecule has 0 unspecified atom stereocenters. The molecule has 0 spiro atoms. The number of hydrogen-bond acceptors (Lipinski definition) is 3. The van der Waals surface area contributed by atoms with Crippen molar-refractivity contribution >= 4 is 11.5 Å². The van der Waals surface area contributed by atoms with E-state index >= 15 is 0 Å². The molecule has 0 aliphatic carbocycles. The van der Waals surface area contributed by atoms with Crippen molar-refractivity contribution < 1.29 is 17.9 Å². The summed E-state index contributed by atoms with van der Waals surface area (Å²) in [6.45, 7) is 2.60. The largest absolute Gasteiger partial charge is 0.494 e. The summed E-state index contributed by atoms with van der Waals surface area (Å²) >= 11 is 0.